The zero-order chi connectivity index (χ0) is 15.8. The Balaban J connectivity index is 3.95. The lowest BCUT2D eigenvalue weighted by Gasteiger charge is -2.13. The molecule has 0 unspecified atom stereocenters. The van der Waals surface area contributed by atoms with Gasteiger partial charge in [0.2, 0.25) is 11.8 Å². The van der Waals surface area contributed by atoms with E-state index in [4.69, 9.17) is 0 Å². The lowest BCUT2D eigenvalue weighted by molar-refractivity contribution is -0.00524. The smallest absolute Gasteiger partial charge is 0.207 e. The molecule has 0 rings (SSSR count). The first-order valence-electron chi connectivity index (χ1n) is 6.21. The summed E-state index contributed by atoms with van der Waals surface area (Å²) in [5, 5.41) is 0. The summed E-state index contributed by atoms with van der Waals surface area (Å²) in [5.41, 5.74) is 0. The highest BCUT2D eigenvalue weighted by Gasteiger charge is 2.25. The summed E-state index contributed by atoms with van der Waals surface area (Å²) in [6.45, 7) is 2.34. The molecule has 0 fully saturated rings. The second-order valence-electron chi connectivity index (χ2n) is 4.44. The van der Waals surface area contributed by atoms with Crippen LogP contribution in [0.2, 0.25) is 0 Å². The van der Waals surface area contributed by atoms with Crippen LogP contribution >= 0.6 is 48.8 Å². The van der Waals surface area contributed by atoms with Crippen LogP contribution in [-0.4, -0.2) is 23.4 Å². The number of rotatable bonds is 10. The van der Waals surface area contributed by atoms with Crippen molar-refractivity contribution < 1.29 is 17.6 Å². The molecule has 0 nitrogen and oxygen atoms in total. The van der Waals surface area contributed by atoms with Gasteiger partial charge in [0.05, 0.1) is 8.47 Å². The molecule has 0 atom stereocenters. The van der Waals surface area contributed by atoms with Gasteiger partial charge in [-0.05, 0) is 19.1 Å². The van der Waals surface area contributed by atoms with Gasteiger partial charge >= 0.3 is 0 Å². The normalized spacial score (nSPS) is 14.4. The van der Waals surface area contributed by atoms with Crippen molar-refractivity contribution in [3.05, 3.63) is 8.47 Å². The van der Waals surface area contributed by atoms with E-state index in [0.29, 0.717) is 20.6 Å². The SMILES string of the molecule is CCC(F)(F)CCSC(S)=C(S)SCCCC(C)(F)F. The van der Waals surface area contributed by atoms with Crippen LogP contribution in [0.15, 0.2) is 8.47 Å². The molecule has 0 N–H and O–H groups in total. The molecule has 0 aliphatic heterocycles. The maximum absolute atomic E-state index is 13.0. The van der Waals surface area contributed by atoms with E-state index in [1.807, 2.05) is 0 Å². The molecule has 0 aliphatic carbocycles. The zero-order valence-electron chi connectivity index (χ0n) is 11.5. The lowest BCUT2D eigenvalue weighted by atomic mass is 10.2. The fraction of sp³-hybridized carbons (Fsp3) is 0.833. The van der Waals surface area contributed by atoms with Crippen LogP contribution in [0.1, 0.15) is 39.5 Å². The van der Waals surface area contributed by atoms with Crippen LogP contribution < -0.4 is 0 Å². The van der Waals surface area contributed by atoms with Gasteiger partial charge in [0, 0.05) is 25.0 Å². The minimum atomic E-state index is -2.65. The molecule has 0 saturated heterocycles. The number of halogens is 4. The molecular weight excluding hydrogens is 348 g/mol. The predicted molar refractivity (Wildman–Crippen MR) is 89.6 cm³/mol. The molecule has 0 aliphatic rings. The maximum atomic E-state index is 13.0. The van der Waals surface area contributed by atoms with E-state index in [1.54, 1.807) is 0 Å². The van der Waals surface area contributed by atoms with Gasteiger partial charge in [0.25, 0.3) is 0 Å². The fourth-order valence-electron chi connectivity index (χ4n) is 1.15. The van der Waals surface area contributed by atoms with Gasteiger partial charge in [0.1, 0.15) is 0 Å². The molecule has 0 heterocycles. The molecular formula is C12H20F4S4. The Kier molecular flexibility index (Phi) is 10.2. The van der Waals surface area contributed by atoms with Crippen LogP contribution in [0.25, 0.3) is 0 Å². The first-order valence-corrected chi connectivity index (χ1v) is 9.07. The lowest BCUT2D eigenvalue weighted by Crippen LogP contribution is -2.14. The Morgan fingerprint density at radius 3 is 1.90 bits per heavy atom. The fourth-order valence-corrected chi connectivity index (χ4v) is 3.76. The maximum Gasteiger partial charge on any atom is 0.248 e. The summed E-state index contributed by atoms with van der Waals surface area (Å²) in [5.74, 6) is -4.52. The molecule has 0 spiro atoms. The van der Waals surface area contributed by atoms with E-state index in [2.05, 4.69) is 25.3 Å². The minimum absolute atomic E-state index is 0.168. The first-order chi connectivity index (χ1) is 9.07. The summed E-state index contributed by atoms with van der Waals surface area (Å²) < 4.78 is 52.4. The molecule has 0 aromatic heterocycles. The molecule has 20 heavy (non-hydrogen) atoms. The minimum Gasteiger partial charge on any atom is -0.207 e. The second-order valence-corrected chi connectivity index (χ2v) is 8.15. The number of alkyl halides is 4. The molecule has 0 aromatic rings. The Hall–Kier alpha value is 0.860. The molecule has 0 radical (unpaired) electrons. The molecule has 0 aromatic carbocycles. The van der Waals surface area contributed by atoms with E-state index < -0.39 is 11.8 Å². The summed E-state index contributed by atoms with van der Waals surface area (Å²) in [6.07, 6.45) is -0.171. The average molecular weight is 369 g/mol. The Bertz CT molecular complexity index is 313. The van der Waals surface area contributed by atoms with E-state index >= 15 is 0 Å². The van der Waals surface area contributed by atoms with Crippen molar-refractivity contribution in [3.8, 4) is 0 Å². The van der Waals surface area contributed by atoms with E-state index in [0.717, 1.165) is 6.92 Å². The van der Waals surface area contributed by atoms with Gasteiger partial charge in [-0.3, -0.25) is 0 Å². The second kappa shape index (κ2) is 9.79. The first kappa shape index (κ1) is 20.9. The van der Waals surface area contributed by atoms with E-state index in [1.165, 1.54) is 30.4 Å². The highest BCUT2D eigenvalue weighted by molar-refractivity contribution is 8.21. The van der Waals surface area contributed by atoms with E-state index in [-0.39, 0.29) is 25.0 Å². The molecule has 0 saturated carbocycles. The summed E-state index contributed by atoms with van der Waals surface area (Å²) in [6, 6.07) is 0. The third-order valence-electron chi connectivity index (χ3n) is 2.41. The number of hydrogen-bond acceptors (Lipinski definition) is 4. The molecule has 120 valence electrons. The van der Waals surface area contributed by atoms with Crippen LogP contribution in [0.3, 0.4) is 0 Å². The van der Waals surface area contributed by atoms with Crippen molar-refractivity contribution in [1.29, 1.82) is 0 Å². The standard InChI is InChI=1S/C12H20F4S4/c1-3-12(15,16)6-8-20-10(18)9(17)19-7-4-5-11(2,13)14/h17-18H,3-8H2,1-2H3. The van der Waals surface area contributed by atoms with Gasteiger partial charge in [-0.2, -0.15) is 0 Å². The quantitative estimate of drug-likeness (QED) is 0.263. The van der Waals surface area contributed by atoms with Gasteiger partial charge in [-0.1, -0.05) is 6.92 Å². The van der Waals surface area contributed by atoms with Crippen LogP contribution in [0, 0.1) is 0 Å². The van der Waals surface area contributed by atoms with Crippen LogP contribution in [0.5, 0.6) is 0 Å². The van der Waals surface area contributed by atoms with Gasteiger partial charge in [0.15, 0.2) is 0 Å². The topological polar surface area (TPSA) is 0 Å². The van der Waals surface area contributed by atoms with Crippen molar-refractivity contribution in [3.63, 3.8) is 0 Å². The number of thioether (sulfide) groups is 2. The number of thiol groups is 2. The molecule has 0 bridgehead atoms. The summed E-state index contributed by atoms with van der Waals surface area (Å²) in [7, 11) is 0. The van der Waals surface area contributed by atoms with Crippen LogP contribution in [0.4, 0.5) is 17.6 Å². The van der Waals surface area contributed by atoms with Crippen molar-refractivity contribution in [2.45, 2.75) is 51.4 Å². The predicted octanol–water partition coefficient (Wildman–Crippen LogP) is 6.31. The van der Waals surface area contributed by atoms with Gasteiger partial charge in [-0.15, -0.1) is 48.8 Å². The van der Waals surface area contributed by atoms with Crippen molar-refractivity contribution in [1.82, 2.24) is 0 Å². The van der Waals surface area contributed by atoms with Crippen molar-refractivity contribution >= 4 is 48.8 Å². The Morgan fingerprint density at radius 1 is 0.950 bits per heavy atom. The molecule has 0 amide bonds. The highest BCUT2D eigenvalue weighted by atomic mass is 32.2. The van der Waals surface area contributed by atoms with Gasteiger partial charge < -0.3 is 0 Å². The Morgan fingerprint density at radius 2 is 1.45 bits per heavy atom. The monoisotopic (exact) mass is 368 g/mol. The summed E-state index contributed by atoms with van der Waals surface area (Å²) >= 11 is 10.9. The van der Waals surface area contributed by atoms with Gasteiger partial charge in [-0.25, -0.2) is 17.6 Å². The third kappa shape index (κ3) is 11.5. The summed E-state index contributed by atoms with van der Waals surface area (Å²) in [4.78, 5) is 0. The average Bonchev–Trinajstić information content (AvgIpc) is 2.32. The third-order valence-corrected chi connectivity index (χ3v) is 6.09. The van der Waals surface area contributed by atoms with Crippen molar-refractivity contribution in [2.24, 2.45) is 0 Å². The highest BCUT2D eigenvalue weighted by Crippen LogP contribution is 2.36. The Labute approximate surface area is 137 Å². The van der Waals surface area contributed by atoms with Crippen LogP contribution in [-0.2, 0) is 0 Å². The zero-order valence-corrected chi connectivity index (χ0v) is 14.9. The number of hydrogen-bond donors (Lipinski definition) is 2. The largest absolute Gasteiger partial charge is 0.248 e. The van der Waals surface area contributed by atoms with Crippen molar-refractivity contribution in [2.75, 3.05) is 11.5 Å². The van der Waals surface area contributed by atoms with E-state index in [9.17, 15) is 17.6 Å². The molecule has 8 heteroatoms.